The smallest absolute Gasteiger partial charge is 0.202 e. The first-order chi connectivity index (χ1) is 9.06. The van der Waals surface area contributed by atoms with Crippen LogP contribution in [0.3, 0.4) is 0 Å². The fourth-order valence-corrected chi connectivity index (χ4v) is 3.75. The Bertz CT molecular complexity index is 739. The van der Waals surface area contributed by atoms with E-state index >= 15 is 0 Å². The zero-order valence-corrected chi connectivity index (χ0v) is 13.1. The number of thiophene rings is 1. The molecule has 0 atom stereocenters. The van der Waals surface area contributed by atoms with Crippen molar-refractivity contribution in [1.82, 2.24) is 19.3 Å². The Morgan fingerprint density at radius 2 is 2.21 bits per heavy atom. The predicted octanol–water partition coefficient (Wildman–Crippen LogP) is 2.73. The van der Waals surface area contributed by atoms with E-state index in [1.54, 1.807) is 11.3 Å². The number of nitrogens with zero attached hydrogens (tertiary/aromatic N) is 4. The maximum Gasteiger partial charge on any atom is 0.202 e. The van der Waals surface area contributed by atoms with Crippen molar-refractivity contribution in [3.63, 3.8) is 0 Å². The van der Waals surface area contributed by atoms with Gasteiger partial charge in [-0.1, -0.05) is 0 Å². The van der Waals surface area contributed by atoms with Crippen LogP contribution >= 0.6 is 27.3 Å². The maximum atomic E-state index is 6.01. The van der Waals surface area contributed by atoms with E-state index < -0.39 is 0 Å². The van der Waals surface area contributed by atoms with Crippen molar-refractivity contribution in [2.45, 2.75) is 19.9 Å². The zero-order valence-electron chi connectivity index (χ0n) is 10.7. The lowest BCUT2D eigenvalue weighted by Gasteiger charge is -2.05. The molecule has 0 aromatic carbocycles. The fourth-order valence-electron chi connectivity index (χ4n) is 2.28. The summed E-state index contributed by atoms with van der Waals surface area (Å²) in [6.45, 7) is 2.77. The summed E-state index contributed by atoms with van der Waals surface area (Å²) in [5, 5.41) is 4.38. The summed E-state index contributed by atoms with van der Waals surface area (Å²) in [6.07, 6.45) is 0.941. The van der Waals surface area contributed by atoms with Gasteiger partial charge in [0.05, 0.1) is 9.48 Å². The highest BCUT2D eigenvalue weighted by Gasteiger charge is 2.15. The fraction of sp³-hybridized carbons (Fsp3) is 0.333. The largest absolute Gasteiger partial charge is 0.369 e. The highest BCUT2D eigenvalue weighted by atomic mass is 79.9. The molecule has 3 heterocycles. The molecule has 0 fully saturated rings. The number of rotatable bonds is 3. The van der Waals surface area contributed by atoms with Gasteiger partial charge in [-0.2, -0.15) is 5.10 Å². The van der Waals surface area contributed by atoms with E-state index in [9.17, 15) is 0 Å². The van der Waals surface area contributed by atoms with E-state index in [1.807, 2.05) is 23.2 Å². The second kappa shape index (κ2) is 4.64. The normalized spacial score (nSPS) is 11.5. The molecular weight excluding hydrogens is 326 g/mol. The number of hydrogen-bond acceptors (Lipinski definition) is 4. The molecule has 0 spiro atoms. The summed E-state index contributed by atoms with van der Waals surface area (Å²) >= 11 is 5.23. The first-order valence-corrected chi connectivity index (χ1v) is 7.56. The molecule has 0 amide bonds. The van der Waals surface area contributed by atoms with Crippen LogP contribution in [0.2, 0.25) is 0 Å². The lowest BCUT2D eigenvalue weighted by molar-refractivity contribution is 0.683. The number of halogens is 1. The molecule has 3 aromatic rings. The van der Waals surface area contributed by atoms with Crippen molar-refractivity contribution in [2.75, 3.05) is 5.73 Å². The summed E-state index contributed by atoms with van der Waals surface area (Å²) in [5.41, 5.74) is 8.82. The highest BCUT2D eigenvalue weighted by molar-refractivity contribution is 9.11. The summed E-state index contributed by atoms with van der Waals surface area (Å²) in [5.74, 6) is 0.557. The van der Waals surface area contributed by atoms with Crippen molar-refractivity contribution in [3.8, 4) is 0 Å². The molecule has 0 radical (unpaired) electrons. The Morgan fingerprint density at radius 3 is 2.89 bits per heavy atom. The van der Waals surface area contributed by atoms with E-state index in [0.717, 1.165) is 33.6 Å². The van der Waals surface area contributed by atoms with Crippen LogP contribution in [0.1, 0.15) is 10.6 Å². The van der Waals surface area contributed by atoms with Crippen LogP contribution in [0.25, 0.3) is 11.2 Å². The zero-order chi connectivity index (χ0) is 13.6. The van der Waals surface area contributed by atoms with Gasteiger partial charge >= 0.3 is 0 Å². The van der Waals surface area contributed by atoms with Gasteiger partial charge in [0.15, 0.2) is 5.65 Å². The molecule has 19 heavy (non-hydrogen) atoms. The Morgan fingerprint density at radius 1 is 1.42 bits per heavy atom. The number of aromatic nitrogens is 4. The molecule has 7 heteroatoms. The molecule has 0 aliphatic heterocycles. The van der Waals surface area contributed by atoms with Gasteiger partial charge in [0.2, 0.25) is 5.95 Å². The molecule has 2 N–H and O–H groups in total. The summed E-state index contributed by atoms with van der Waals surface area (Å²) in [4.78, 5) is 5.73. The summed E-state index contributed by atoms with van der Waals surface area (Å²) < 4.78 is 5.03. The summed E-state index contributed by atoms with van der Waals surface area (Å²) in [6, 6.07) is 4.20. The Hall–Kier alpha value is -1.34. The van der Waals surface area contributed by atoms with Crippen LogP contribution in [-0.2, 0) is 20.0 Å². The number of aryl methyl sites for hydroxylation is 4. The number of nitrogens with two attached hydrogens (primary N) is 1. The highest BCUT2D eigenvalue weighted by Crippen LogP contribution is 2.24. The molecule has 3 rings (SSSR count). The van der Waals surface area contributed by atoms with E-state index in [4.69, 9.17) is 5.73 Å². The maximum absolute atomic E-state index is 6.01. The Kier molecular flexibility index (Phi) is 3.10. The van der Waals surface area contributed by atoms with Gasteiger partial charge in [-0.25, -0.2) is 4.98 Å². The van der Waals surface area contributed by atoms with Crippen LogP contribution in [-0.4, -0.2) is 19.3 Å². The minimum absolute atomic E-state index is 0.557. The molecule has 0 aliphatic rings. The van der Waals surface area contributed by atoms with Gasteiger partial charge < -0.3 is 5.73 Å². The average Bonchev–Trinajstić information content (AvgIpc) is 2.97. The van der Waals surface area contributed by atoms with E-state index in [-0.39, 0.29) is 0 Å². The van der Waals surface area contributed by atoms with Crippen LogP contribution in [0.5, 0.6) is 0 Å². The second-order valence-corrected chi connectivity index (χ2v) is 7.01. The SMILES string of the molecule is Cc1nn(C)c2c1nc(N)n2CCc1ccc(Br)s1. The number of nitrogen functional groups attached to an aromatic ring is 1. The third-order valence-electron chi connectivity index (χ3n) is 3.13. The molecule has 100 valence electrons. The quantitative estimate of drug-likeness (QED) is 0.797. The van der Waals surface area contributed by atoms with Gasteiger partial charge in [-0.15, -0.1) is 11.3 Å². The van der Waals surface area contributed by atoms with E-state index in [0.29, 0.717) is 5.95 Å². The van der Waals surface area contributed by atoms with Crippen molar-refractivity contribution in [2.24, 2.45) is 7.05 Å². The van der Waals surface area contributed by atoms with Crippen molar-refractivity contribution < 1.29 is 0 Å². The van der Waals surface area contributed by atoms with E-state index in [2.05, 4.69) is 38.1 Å². The molecule has 0 unspecified atom stereocenters. The van der Waals surface area contributed by atoms with Gasteiger partial charge in [0.1, 0.15) is 5.52 Å². The van der Waals surface area contributed by atoms with Crippen molar-refractivity contribution >= 4 is 44.4 Å². The van der Waals surface area contributed by atoms with Crippen LogP contribution in [0.4, 0.5) is 5.95 Å². The van der Waals surface area contributed by atoms with E-state index in [1.165, 1.54) is 4.88 Å². The van der Waals surface area contributed by atoms with Gasteiger partial charge in [-0.05, 0) is 41.4 Å². The topological polar surface area (TPSA) is 61.7 Å². The van der Waals surface area contributed by atoms with Gasteiger partial charge in [-0.3, -0.25) is 9.25 Å². The standard InChI is InChI=1S/C12H14BrN5S/c1-7-10-11(17(2)16-7)18(12(14)15-10)6-5-8-3-4-9(13)19-8/h3-4H,5-6H2,1-2H3,(H2,14,15). The van der Waals surface area contributed by atoms with Crippen molar-refractivity contribution in [3.05, 3.63) is 26.5 Å². The van der Waals surface area contributed by atoms with Gasteiger partial charge in [0, 0.05) is 18.5 Å². The van der Waals surface area contributed by atoms with Crippen molar-refractivity contribution in [1.29, 1.82) is 0 Å². The average molecular weight is 340 g/mol. The van der Waals surface area contributed by atoms with Crippen LogP contribution in [0.15, 0.2) is 15.9 Å². The third kappa shape index (κ3) is 2.17. The third-order valence-corrected chi connectivity index (χ3v) is 4.81. The molecule has 0 saturated heterocycles. The number of anilines is 1. The first kappa shape index (κ1) is 12.7. The molecular formula is C12H14BrN5S. The van der Waals surface area contributed by atoms with Crippen LogP contribution in [0, 0.1) is 6.92 Å². The Balaban J connectivity index is 1.94. The molecule has 3 aromatic heterocycles. The predicted molar refractivity (Wildman–Crippen MR) is 81.4 cm³/mol. The summed E-state index contributed by atoms with van der Waals surface area (Å²) in [7, 11) is 1.93. The lowest BCUT2D eigenvalue weighted by Crippen LogP contribution is -2.08. The lowest BCUT2D eigenvalue weighted by atomic mass is 10.3. The van der Waals surface area contributed by atoms with Gasteiger partial charge in [0.25, 0.3) is 0 Å². The number of fused-ring (bicyclic) bond motifs is 1. The monoisotopic (exact) mass is 339 g/mol. The second-order valence-electron chi connectivity index (χ2n) is 4.46. The minimum atomic E-state index is 0.557. The number of hydrogen-bond donors (Lipinski definition) is 1. The molecule has 0 bridgehead atoms. The molecule has 5 nitrogen and oxygen atoms in total. The number of imidazole rings is 1. The minimum Gasteiger partial charge on any atom is -0.369 e. The van der Waals surface area contributed by atoms with Crippen LogP contribution < -0.4 is 5.73 Å². The first-order valence-electron chi connectivity index (χ1n) is 5.96. The Labute approximate surface area is 123 Å². The molecule has 0 saturated carbocycles. The molecule has 0 aliphatic carbocycles.